The molecule has 0 bridgehead atoms. The highest BCUT2D eigenvalue weighted by atomic mass is 19.1. The van der Waals surface area contributed by atoms with E-state index in [1.54, 1.807) is 6.07 Å². The molecule has 3 heteroatoms. The summed E-state index contributed by atoms with van der Waals surface area (Å²) in [5.41, 5.74) is 6.69. The molecule has 1 saturated carbocycles. The number of para-hydroxylation sites is 1. The molecule has 2 N–H and O–H groups in total. The lowest BCUT2D eigenvalue weighted by Crippen LogP contribution is -2.25. The molecule has 2 nitrogen and oxygen atoms in total. The van der Waals surface area contributed by atoms with Gasteiger partial charge >= 0.3 is 0 Å². The molecule has 0 aliphatic heterocycles. The first-order chi connectivity index (χ1) is 9.69. The maximum atomic E-state index is 13.7. The third-order valence-corrected chi connectivity index (χ3v) is 4.82. The van der Waals surface area contributed by atoms with Crippen LogP contribution in [0.1, 0.15) is 50.8 Å². The van der Waals surface area contributed by atoms with Gasteiger partial charge in [0.05, 0.1) is 6.04 Å². The lowest BCUT2D eigenvalue weighted by Gasteiger charge is -2.30. The molecule has 0 amide bonds. The molecule has 108 valence electrons. The summed E-state index contributed by atoms with van der Waals surface area (Å²) in [6.07, 6.45) is 6.07. The van der Waals surface area contributed by atoms with Crippen LogP contribution in [-0.2, 0) is 0 Å². The van der Waals surface area contributed by atoms with Gasteiger partial charge in [0.25, 0.3) is 0 Å². The molecule has 1 atom stereocenters. The summed E-state index contributed by atoms with van der Waals surface area (Å²) < 4.78 is 19.3. The van der Waals surface area contributed by atoms with Crippen LogP contribution in [0.15, 0.2) is 28.7 Å². The molecular weight excluding hydrogens is 253 g/mol. The summed E-state index contributed by atoms with van der Waals surface area (Å²) in [6, 6.07) is 6.78. The number of nitrogens with two attached hydrogens (primary N) is 1. The van der Waals surface area contributed by atoms with Crippen molar-refractivity contribution in [2.75, 3.05) is 0 Å². The van der Waals surface area contributed by atoms with Crippen LogP contribution in [0.3, 0.4) is 0 Å². The summed E-state index contributed by atoms with van der Waals surface area (Å²) in [5.74, 6) is 1.73. The summed E-state index contributed by atoms with van der Waals surface area (Å²) >= 11 is 0. The van der Waals surface area contributed by atoms with Crippen LogP contribution in [-0.4, -0.2) is 0 Å². The third kappa shape index (κ3) is 2.47. The number of fused-ring (bicyclic) bond motifs is 1. The van der Waals surface area contributed by atoms with Gasteiger partial charge in [0, 0.05) is 5.39 Å². The molecule has 1 aromatic carbocycles. The molecule has 1 heterocycles. The van der Waals surface area contributed by atoms with Gasteiger partial charge in [0.1, 0.15) is 5.76 Å². The Hall–Kier alpha value is -1.35. The Kier molecular flexibility index (Phi) is 3.79. The normalized spacial score (nSPS) is 24.9. The molecule has 2 aromatic rings. The van der Waals surface area contributed by atoms with Crippen LogP contribution >= 0.6 is 0 Å². The monoisotopic (exact) mass is 275 g/mol. The predicted molar refractivity (Wildman–Crippen MR) is 78.8 cm³/mol. The smallest absolute Gasteiger partial charge is 0.169 e. The highest BCUT2D eigenvalue weighted by Gasteiger charge is 2.27. The summed E-state index contributed by atoms with van der Waals surface area (Å²) in [6.45, 7) is 2.26. The second-order valence-corrected chi connectivity index (χ2v) is 6.02. The van der Waals surface area contributed by atoms with E-state index in [4.69, 9.17) is 10.2 Å². The molecule has 1 fully saturated rings. The molecule has 0 saturated heterocycles. The van der Waals surface area contributed by atoms with Gasteiger partial charge in [-0.25, -0.2) is 4.39 Å². The number of hydrogen-bond donors (Lipinski definition) is 1. The van der Waals surface area contributed by atoms with Gasteiger partial charge in [-0.2, -0.15) is 0 Å². The van der Waals surface area contributed by atoms with Crippen LogP contribution in [0.25, 0.3) is 11.0 Å². The molecule has 1 aromatic heterocycles. The largest absolute Gasteiger partial charge is 0.456 e. The Morgan fingerprint density at radius 3 is 2.70 bits per heavy atom. The molecule has 20 heavy (non-hydrogen) atoms. The Morgan fingerprint density at radius 2 is 2.05 bits per heavy atom. The highest BCUT2D eigenvalue weighted by molar-refractivity contribution is 5.78. The van der Waals surface area contributed by atoms with Crippen molar-refractivity contribution >= 4 is 11.0 Å². The van der Waals surface area contributed by atoms with Gasteiger partial charge in [-0.3, -0.25) is 0 Å². The molecule has 0 spiro atoms. The fourth-order valence-electron chi connectivity index (χ4n) is 3.40. The van der Waals surface area contributed by atoms with Crippen molar-refractivity contribution in [3.8, 4) is 0 Å². The van der Waals surface area contributed by atoms with E-state index < -0.39 is 0 Å². The maximum absolute atomic E-state index is 13.7. The average Bonchev–Trinajstić information content (AvgIpc) is 2.92. The number of hydrogen-bond acceptors (Lipinski definition) is 2. The SMILES string of the molecule is CCC1CCC(C(N)c2cc3cccc(F)c3o2)CC1. The van der Waals surface area contributed by atoms with Crippen LogP contribution in [0.5, 0.6) is 0 Å². The lowest BCUT2D eigenvalue weighted by atomic mass is 9.77. The number of rotatable bonds is 3. The van der Waals surface area contributed by atoms with Crippen LogP contribution in [0.4, 0.5) is 4.39 Å². The molecule has 0 radical (unpaired) electrons. The molecule has 1 unspecified atom stereocenters. The average molecular weight is 275 g/mol. The fourth-order valence-corrected chi connectivity index (χ4v) is 3.40. The predicted octanol–water partition coefficient (Wildman–Crippen LogP) is 4.79. The maximum Gasteiger partial charge on any atom is 0.169 e. The Morgan fingerprint density at radius 1 is 1.30 bits per heavy atom. The van der Waals surface area contributed by atoms with Crippen molar-refractivity contribution in [1.82, 2.24) is 0 Å². The van der Waals surface area contributed by atoms with Crippen LogP contribution in [0.2, 0.25) is 0 Å². The van der Waals surface area contributed by atoms with Gasteiger partial charge in [-0.1, -0.05) is 38.3 Å². The van der Waals surface area contributed by atoms with Crippen molar-refractivity contribution in [3.63, 3.8) is 0 Å². The van der Waals surface area contributed by atoms with Gasteiger partial charge in [0.15, 0.2) is 11.4 Å². The summed E-state index contributed by atoms with van der Waals surface area (Å²) in [4.78, 5) is 0. The summed E-state index contributed by atoms with van der Waals surface area (Å²) in [7, 11) is 0. The summed E-state index contributed by atoms with van der Waals surface area (Å²) in [5, 5.41) is 0.803. The minimum absolute atomic E-state index is 0.111. The van der Waals surface area contributed by atoms with Crippen molar-refractivity contribution in [3.05, 3.63) is 35.8 Å². The zero-order valence-corrected chi connectivity index (χ0v) is 11.9. The molecular formula is C17H22FNO. The Bertz CT molecular complexity index is 584. The molecule has 1 aliphatic carbocycles. The van der Waals surface area contributed by atoms with E-state index in [2.05, 4.69) is 6.92 Å². The Balaban J connectivity index is 1.79. The minimum atomic E-state index is -0.310. The van der Waals surface area contributed by atoms with E-state index in [1.165, 1.54) is 25.3 Å². The van der Waals surface area contributed by atoms with Crippen LogP contribution in [0, 0.1) is 17.7 Å². The van der Waals surface area contributed by atoms with Crippen LogP contribution < -0.4 is 5.73 Å². The van der Waals surface area contributed by atoms with Gasteiger partial charge in [-0.15, -0.1) is 0 Å². The first-order valence-corrected chi connectivity index (χ1v) is 7.62. The Labute approximate surface area is 119 Å². The van der Waals surface area contributed by atoms with Gasteiger partial charge in [-0.05, 0) is 36.8 Å². The van der Waals surface area contributed by atoms with Gasteiger partial charge < -0.3 is 10.2 Å². The van der Waals surface area contributed by atoms with Crippen molar-refractivity contribution < 1.29 is 8.81 Å². The standard InChI is InChI=1S/C17H22FNO/c1-2-11-6-8-12(9-7-11)16(19)15-10-13-4-3-5-14(18)17(13)20-15/h3-5,10-12,16H,2,6-9,19H2,1H3. The van der Waals surface area contributed by atoms with Crippen molar-refractivity contribution in [1.29, 1.82) is 0 Å². The second kappa shape index (κ2) is 5.57. The van der Waals surface area contributed by atoms with E-state index in [0.717, 1.165) is 29.9 Å². The zero-order chi connectivity index (χ0) is 14.1. The quantitative estimate of drug-likeness (QED) is 0.874. The molecule has 1 aliphatic rings. The van der Waals surface area contributed by atoms with Crippen molar-refractivity contribution in [2.24, 2.45) is 17.6 Å². The first-order valence-electron chi connectivity index (χ1n) is 7.62. The fraction of sp³-hybridized carbons (Fsp3) is 0.529. The number of benzene rings is 1. The zero-order valence-electron chi connectivity index (χ0n) is 11.9. The van der Waals surface area contributed by atoms with Gasteiger partial charge in [0.2, 0.25) is 0 Å². The van der Waals surface area contributed by atoms with Crippen molar-refractivity contribution in [2.45, 2.75) is 45.1 Å². The minimum Gasteiger partial charge on any atom is -0.456 e. The second-order valence-electron chi connectivity index (χ2n) is 6.02. The topological polar surface area (TPSA) is 39.2 Å². The van der Waals surface area contributed by atoms with E-state index >= 15 is 0 Å². The van der Waals surface area contributed by atoms with E-state index in [-0.39, 0.29) is 11.9 Å². The molecule has 3 rings (SSSR count). The highest BCUT2D eigenvalue weighted by Crippen LogP contribution is 2.38. The number of furan rings is 1. The van der Waals surface area contributed by atoms with E-state index in [0.29, 0.717) is 11.5 Å². The first kappa shape index (κ1) is 13.6. The third-order valence-electron chi connectivity index (χ3n) is 4.82. The van der Waals surface area contributed by atoms with E-state index in [9.17, 15) is 4.39 Å². The number of halogens is 1. The lowest BCUT2D eigenvalue weighted by molar-refractivity contribution is 0.227. The van der Waals surface area contributed by atoms with E-state index in [1.807, 2.05) is 12.1 Å².